The lowest BCUT2D eigenvalue weighted by molar-refractivity contribution is 0.0985. The molecule has 4 rings (SSSR count). The van der Waals surface area contributed by atoms with Gasteiger partial charge in [-0.05, 0) is 29.3 Å². The highest BCUT2D eigenvalue weighted by molar-refractivity contribution is 6.18. The van der Waals surface area contributed by atoms with Crippen LogP contribution >= 0.6 is 0 Å². The number of benzene rings is 2. The third-order valence-corrected chi connectivity index (χ3v) is 4.07. The Morgan fingerprint density at radius 1 is 0.958 bits per heavy atom. The van der Waals surface area contributed by atoms with Gasteiger partial charge in [-0.3, -0.25) is 9.59 Å². The summed E-state index contributed by atoms with van der Waals surface area (Å²) in [6, 6.07) is 14.1. The van der Waals surface area contributed by atoms with Crippen LogP contribution in [0.2, 0.25) is 0 Å². The van der Waals surface area contributed by atoms with E-state index in [4.69, 9.17) is 4.42 Å². The highest BCUT2D eigenvalue weighted by Crippen LogP contribution is 2.37. The summed E-state index contributed by atoms with van der Waals surface area (Å²) in [5.74, 6) is -1.18. The number of hydrogen-bond acceptors (Lipinski definition) is 3. The topological polar surface area (TPSA) is 47.3 Å². The van der Waals surface area contributed by atoms with Gasteiger partial charge in [0.25, 0.3) is 0 Å². The van der Waals surface area contributed by atoms with E-state index in [1.165, 1.54) is 18.2 Å². The van der Waals surface area contributed by atoms with Crippen molar-refractivity contribution in [3.63, 3.8) is 0 Å². The molecule has 0 bridgehead atoms. The summed E-state index contributed by atoms with van der Waals surface area (Å²) >= 11 is 0. The molecule has 1 heterocycles. The van der Waals surface area contributed by atoms with E-state index in [2.05, 4.69) is 6.58 Å². The van der Waals surface area contributed by atoms with E-state index in [0.29, 0.717) is 22.3 Å². The molecule has 1 aromatic heterocycles. The zero-order valence-electron chi connectivity index (χ0n) is 12.5. The van der Waals surface area contributed by atoms with Gasteiger partial charge >= 0.3 is 0 Å². The number of carbonyl (C=O) groups excluding carboxylic acids is 2. The number of hydrogen-bond donors (Lipinski definition) is 0. The van der Waals surface area contributed by atoms with Crippen LogP contribution in [0.15, 0.2) is 65.6 Å². The Balaban J connectivity index is 1.83. The molecular weight excluding hydrogens is 307 g/mol. The standard InChI is InChI=1S/C20H11FO3/c1-11-14-8-7-13(21)9-16(14)19(23)20-15(11)10-17(24-20)18(22)12-5-3-2-4-6-12/h2-10H,1H2. The van der Waals surface area contributed by atoms with Gasteiger partial charge in [0.1, 0.15) is 5.82 Å². The minimum Gasteiger partial charge on any atom is -0.448 e. The van der Waals surface area contributed by atoms with E-state index in [9.17, 15) is 14.0 Å². The van der Waals surface area contributed by atoms with E-state index >= 15 is 0 Å². The Labute approximate surface area is 137 Å². The van der Waals surface area contributed by atoms with E-state index in [-0.39, 0.29) is 22.9 Å². The Hall–Kier alpha value is -3.27. The number of furan rings is 1. The van der Waals surface area contributed by atoms with E-state index in [1.54, 1.807) is 30.3 Å². The molecule has 2 aromatic carbocycles. The number of carbonyl (C=O) groups is 2. The molecule has 0 N–H and O–H groups in total. The minimum atomic E-state index is -0.509. The van der Waals surface area contributed by atoms with Crippen molar-refractivity contribution in [3.8, 4) is 0 Å². The molecule has 1 aliphatic rings. The molecule has 3 aromatic rings. The Morgan fingerprint density at radius 3 is 2.46 bits per heavy atom. The van der Waals surface area contributed by atoms with Crippen molar-refractivity contribution in [1.82, 2.24) is 0 Å². The summed E-state index contributed by atoms with van der Waals surface area (Å²) in [5, 5.41) is 0. The number of fused-ring (bicyclic) bond motifs is 2. The fourth-order valence-electron chi connectivity index (χ4n) is 2.86. The van der Waals surface area contributed by atoms with E-state index < -0.39 is 11.6 Å². The van der Waals surface area contributed by atoms with Crippen LogP contribution in [-0.2, 0) is 0 Å². The lowest BCUT2D eigenvalue weighted by Gasteiger charge is -2.16. The molecule has 0 saturated carbocycles. The average Bonchev–Trinajstić information content (AvgIpc) is 3.05. The van der Waals surface area contributed by atoms with Crippen molar-refractivity contribution in [1.29, 1.82) is 0 Å². The van der Waals surface area contributed by atoms with Crippen molar-refractivity contribution in [2.75, 3.05) is 0 Å². The maximum absolute atomic E-state index is 13.5. The van der Waals surface area contributed by atoms with Crippen LogP contribution in [0.4, 0.5) is 4.39 Å². The summed E-state index contributed by atoms with van der Waals surface area (Å²) in [5.41, 5.74) is 2.22. The van der Waals surface area contributed by atoms with Crippen molar-refractivity contribution < 1.29 is 18.4 Å². The maximum Gasteiger partial charge on any atom is 0.229 e. The fraction of sp³-hybridized carbons (Fsp3) is 0. The van der Waals surface area contributed by atoms with Gasteiger partial charge in [-0.1, -0.05) is 43.0 Å². The molecule has 3 nitrogen and oxygen atoms in total. The molecule has 0 fully saturated rings. The fourth-order valence-corrected chi connectivity index (χ4v) is 2.86. The van der Waals surface area contributed by atoms with Crippen molar-refractivity contribution in [2.24, 2.45) is 0 Å². The van der Waals surface area contributed by atoms with Gasteiger partial charge in [0.15, 0.2) is 11.5 Å². The molecule has 4 heteroatoms. The van der Waals surface area contributed by atoms with Gasteiger partial charge in [0, 0.05) is 16.7 Å². The summed E-state index contributed by atoms with van der Waals surface area (Å²) in [7, 11) is 0. The van der Waals surface area contributed by atoms with Crippen LogP contribution in [0.1, 0.15) is 43.4 Å². The first kappa shape index (κ1) is 14.3. The zero-order valence-corrected chi connectivity index (χ0v) is 12.5. The molecule has 0 spiro atoms. The van der Waals surface area contributed by atoms with Gasteiger partial charge in [-0.2, -0.15) is 0 Å². The van der Waals surface area contributed by atoms with Crippen molar-refractivity contribution in [3.05, 3.63) is 101 Å². The van der Waals surface area contributed by atoms with Crippen molar-refractivity contribution in [2.45, 2.75) is 0 Å². The second-order valence-electron chi connectivity index (χ2n) is 5.55. The monoisotopic (exact) mass is 318 g/mol. The lowest BCUT2D eigenvalue weighted by Crippen LogP contribution is -2.12. The van der Waals surface area contributed by atoms with Crippen LogP contribution < -0.4 is 0 Å². The molecule has 1 aliphatic carbocycles. The van der Waals surface area contributed by atoms with Crippen LogP contribution in [0, 0.1) is 5.82 Å². The van der Waals surface area contributed by atoms with Crippen LogP contribution in [0.3, 0.4) is 0 Å². The molecule has 24 heavy (non-hydrogen) atoms. The van der Waals surface area contributed by atoms with Gasteiger partial charge < -0.3 is 4.42 Å². The minimum absolute atomic E-state index is 0.0254. The summed E-state index contributed by atoms with van der Waals surface area (Å²) in [4.78, 5) is 25.1. The van der Waals surface area contributed by atoms with Crippen LogP contribution in [0.25, 0.3) is 5.57 Å². The summed E-state index contributed by atoms with van der Waals surface area (Å²) in [6.07, 6.45) is 0. The molecule has 0 unspecified atom stereocenters. The smallest absolute Gasteiger partial charge is 0.229 e. The third kappa shape index (κ3) is 2.04. The van der Waals surface area contributed by atoms with E-state index in [1.807, 2.05) is 0 Å². The SMILES string of the molecule is C=C1c2ccc(F)cc2C(=O)c2oc(C(=O)c3ccccc3)cc21. The van der Waals surface area contributed by atoms with Gasteiger partial charge in [-0.15, -0.1) is 0 Å². The van der Waals surface area contributed by atoms with E-state index in [0.717, 1.165) is 6.07 Å². The second-order valence-corrected chi connectivity index (χ2v) is 5.55. The molecule has 0 aliphatic heterocycles. The molecular formula is C20H11FO3. The van der Waals surface area contributed by atoms with Gasteiger partial charge in [0.05, 0.1) is 0 Å². The Bertz CT molecular complexity index is 1010. The number of halogens is 1. The third-order valence-electron chi connectivity index (χ3n) is 4.07. The summed E-state index contributed by atoms with van der Waals surface area (Å²) < 4.78 is 19.0. The molecule has 0 saturated heterocycles. The van der Waals surface area contributed by atoms with Crippen LogP contribution in [0.5, 0.6) is 0 Å². The quantitative estimate of drug-likeness (QED) is 0.519. The largest absolute Gasteiger partial charge is 0.448 e. The molecule has 0 amide bonds. The highest BCUT2D eigenvalue weighted by atomic mass is 19.1. The van der Waals surface area contributed by atoms with Crippen LogP contribution in [-0.4, -0.2) is 11.6 Å². The lowest BCUT2D eigenvalue weighted by atomic mass is 9.86. The molecule has 0 radical (unpaired) electrons. The first-order chi connectivity index (χ1) is 11.6. The Morgan fingerprint density at radius 2 is 1.71 bits per heavy atom. The maximum atomic E-state index is 13.5. The summed E-state index contributed by atoms with van der Waals surface area (Å²) in [6.45, 7) is 3.96. The first-order valence-corrected chi connectivity index (χ1v) is 7.34. The highest BCUT2D eigenvalue weighted by Gasteiger charge is 2.32. The van der Waals surface area contributed by atoms with Crippen molar-refractivity contribution >= 4 is 17.1 Å². The number of ketones is 2. The molecule has 0 atom stereocenters. The predicted octanol–water partition coefficient (Wildman–Crippen LogP) is 4.26. The normalized spacial score (nSPS) is 12.7. The zero-order chi connectivity index (χ0) is 16.8. The second kappa shape index (κ2) is 5.13. The Kier molecular flexibility index (Phi) is 3.06. The first-order valence-electron chi connectivity index (χ1n) is 7.34. The number of rotatable bonds is 2. The van der Waals surface area contributed by atoms with Gasteiger partial charge in [0.2, 0.25) is 11.6 Å². The average molecular weight is 318 g/mol. The molecule has 116 valence electrons. The van der Waals surface area contributed by atoms with Gasteiger partial charge in [-0.25, -0.2) is 4.39 Å². The predicted molar refractivity (Wildman–Crippen MR) is 86.6 cm³/mol.